The maximum Gasteiger partial charge on any atom is 0.220 e. The molecule has 4 N–H and O–H groups in total. The second kappa shape index (κ2) is 7.95. The fourth-order valence-corrected chi connectivity index (χ4v) is 3.20. The number of carbonyl (C=O) groups is 1. The van der Waals surface area contributed by atoms with Crippen molar-refractivity contribution in [1.29, 1.82) is 0 Å². The molecule has 7 heteroatoms. The summed E-state index contributed by atoms with van der Waals surface area (Å²) in [5.41, 5.74) is 4.95. The Hall–Kier alpha value is -0.660. The molecule has 0 aliphatic heterocycles. The van der Waals surface area contributed by atoms with Gasteiger partial charge in [-0.3, -0.25) is 4.79 Å². The first-order chi connectivity index (χ1) is 8.95. The molecular formula is C13H29N3O3S. The minimum atomic E-state index is -3.29. The van der Waals surface area contributed by atoms with Crippen LogP contribution in [0.2, 0.25) is 0 Å². The van der Waals surface area contributed by atoms with E-state index in [1.807, 2.05) is 0 Å². The largest absolute Gasteiger partial charge is 0.354 e. The second-order valence-corrected chi connectivity index (χ2v) is 8.22. The molecule has 0 rings (SSSR count). The summed E-state index contributed by atoms with van der Waals surface area (Å²) in [7, 11) is -3.29. The molecule has 0 heterocycles. The van der Waals surface area contributed by atoms with Crippen molar-refractivity contribution in [2.75, 3.05) is 19.3 Å². The molecule has 0 aromatic carbocycles. The molecule has 0 aromatic heterocycles. The SMILES string of the molecule is CC(C)C[C@H](CN)CC(=O)NCC(C)(C)NS(C)(=O)=O. The summed E-state index contributed by atoms with van der Waals surface area (Å²) in [5.74, 6) is 0.574. The van der Waals surface area contributed by atoms with E-state index >= 15 is 0 Å². The molecule has 1 amide bonds. The molecule has 1 atom stereocenters. The molecule has 0 bridgehead atoms. The van der Waals surface area contributed by atoms with Gasteiger partial charge in [0.15, 0.2) is 0 Å². The predicted octanol–water partition coefficient (Wildman–Crippen LogP) is 0.442. The van der Waals surface area contributed by atoms with Crippen molar-refractivity contribution in [3.05, 3.63) is 0 Å². The van der Waals surface area contributed by atoms with E-state index in [0.717, 1.165) is 12.7 Å². The summed E-state index contributed by atoms with van der Waals surface area (Å²) in [4.78, 5) is 11.9. The zero-order valence-electron chi connectivity index (χ0n) is 13.2. The average molecular weight is 307 g/mol. The van der Waals surface area contributed by atoms with Crippen LogP contribution in [0.25, 0.3) is 0 Å². The molecule has 0 radical (unpaired) electrons. The van der Waals surface area contributed by atoms with E-state index in [9.17, 15) is 13.2 Å². The summed E-state index contributed by atoms with van der Waals surface area (Å²) < 4.78 is 24.9. The molecule has 0 aliphatic rings. The van der Waals surface area contributed by atoms with Gasteiger partial charge in [0, 0.05) is 18.5 Å². The number of rotatable bonds is 9. The summed E-state index contributed by atoms with van der Waals surface area (Å²) >= 11 is 0. The third kappa shape index (κ3) is 10.2. The molecule has 0 unspecified atom stereocenters. The molecule has 0 saturated carbocycles. The highest BCUT2D eigenvalue weighted by atomic mass is 32.2. The summed E-state index contributed by atoms with van der Waals surface area (Å²) in [6, 6.07) is 0. The number of nitrogens with two attached hydrogens (primary N) is 1. The number of hydrogen-bond donors (Lipinski definition) is 3. The summed E-state index contributed by atoms with van der Waals surface area (Å²) in [6.45, 7) is 8.37. The van der Waals surface area contributed by atoms with Gasteiger partial charge in [0.2, 0.25) is 15.9 Å². The Labute approximate surface area is 122 Å². The van der Waals surface area contributed by atoms with E-state index in [0.29, 0.717) is 18.9 Å². The van der Waals surface area contributed by atoms with Gasteiger partial charge in [-0.15, -0.1) is 0 Å². The first kappa shape index (κ1) is 19.3. The molecule has 120 valence electrons. The Morgan fingerprint density at radius 2 is 1.85 bits per heavy atom. The number of sulfonamides is 1. The monoisotopic (exact) mass is 307 g/mol. The Morgan fingerprint density at radius 3 is 2.25 bits per heavy atom. The Kier molecular flexibility index (Phi) is 7.69. The van der Waals surface area contributed by atoms with Gasteiger partial charge < -0.3 is 11.1 Å². The van der Waals surface area contributed by atoms with E-state index in [-0.39, 0.29) is 18.4 Å². The Bertz CT molecular complexity index is 405. The highest BCUT2D eigenvalue weighted by Crippen LogP contribution is 2.14. The lowest BCUT2D eigenvalue weighted by atomic mass is 9.94. The van der Waals surface area contributed by atoms with Gasteiger partial charge in [-0.25, -0.2) is 13.1 Å². The normalized spacial score (nSPS) is 14.3. The third-order valence-electron chi connectivity index (χ3n) is 2.80. The quantitative estimate of drug-likeness (QED) is 0.575. The van der Waals surface area contributed by atoms with Crippen LogP contribution < -0.4 is 15.8 Å². The molecule has 0 saturated heterocycles. The molecule has 0 aromatic rings. The lowest BCUT2D eigenvalue weighted by Gasteiger charge is -2.26. The zero-order chi connectivity index (χ0) is 16.0. The van der Waals surface area contributed by atoms with Crippen molar-refractivity contribution in [3.8, 4) is 0 Å². The topological polar surface area (TPSA) is 101 Å². The van der Waals surface area contributed by atoms with E-state index in [2.05, 4.69) is 23.9 Å². The van der Waals surface area contributed by atoms with Gasteiger partial charge in [-0.05, 0) is 38.6 Å². The van der Waals surface area contributed by atoms with Crippen LogP contribution in [0.5, 0.6) is 0 Å². The zero-order valence-corrected chi connectivity index (χ0v) is 14.0. The number of hydrogen-bond acceptors (Lipinski definition) is 4. The maximum absolute atomic E-state index is 11.9. The van der Waals surface area contributed by atoms with Crippen molar-refractivity contribution in [2.45, 2.75) is 46.1 Å². The number of amides is 1. The lowest BCUT2D eigenvalue weighted by molar-refractivity contribution is -0.122. The Morgan fingerprint density at radius 1 is 1.30 bits per heavy atom. The minimum Gasteiger partial charge on any atom is -0.354 e. The molecule has 0 spiro atoms. The second-order valence-electron chi connectivity index (χ2n) is 6.47. The van der Waals surface area contributed by atoms with Gasteiger partial charge in [0.05, 0.1) is 6.26 Å². The van der Waals surface area contributed by atoms with Crippen LogP contribution in [0.15, 0.2) is 0 Å². The maximum atomic E-state index is 11.9. The highest BCUT2D eigenvalue weighted by Gasteiger charge is 2.23. The first-order valence-electron chi connectivity index (χ1n) is 6.91. The number of carbonyl (C=O) groups excluding carboxylic acids is 1. The van der Waals surface area contributed by atoms with Crippen molar-refractivity contribution >= 4 is 15.9 Å². The van der Waals surface area contributed by atoms with Crippen LogP contribution in [0.3, 0.4) is 0 Å². The van der Waals surface area contributed by atoms with E-state index < -0.39 is 15.6 Å². The number of nitrogens with one attached hydrogen (secondary N) is 2. The molecule has 0 aliphatic carbocycles. The van der Waals surface area contributed by atoms with E-state index in [1.54, 1.807) is 13.8 Å². The first-order valence-corrected chi connectivity index (χ1v) is 8.80. The van der Waals surface area contributed by atoms with Crippen LogP contribution in [0.4, 0.5) is 0 Å². The predicted molar refractivity (Wildman–Crippen MR) is 81.7 cm³/mol. The van der Waals surface area contributed by atoms with Gasteiger partial charge in [0.25, 0.3) is 0 Å². The van der Waals surface area contributed by atoms with Gasteiger partial charge in [-0.1, -0.05) is 13.8 Å². The van der Waals surface area contributed by atoms with Gasteiger partial charge in [0.1, 0.15) is 0 Å². The Balaban J connectivity index is 4.27. The average Bonchev–Trinajstić information content (AvgIpc) is 2.21. The van der Waals surface area contributed by atoms with Crippen LogP contribution >= 0.6 is 0 Å². The summed E-state index contributed by atoms with van der Waals surface area (Å²) in [6.07, 6.45) is 2.39. The van der Waals surface area contributed by atoms with Crippen molar-refractivity contribution in [2.24, 2.45) is 17.6 Å². The van der Waals surface area contributed by atoms with E-state index in [4.69, 9.17) is 5.73 Å². The lowest BCUT2D eigenvalue weighted by Crippen LogP contribution is -2.51. The van der Waals surface area contributed by atoms with Crippen molar-refractivity contribution in [3.63, 3.8) is 0 Å². The smallest absolute Gasteiger partial charge is 0.220 e. The molecule has 0 fully saturated rings. The third-order valence-corrected chi connectivity index (χ3v) is 3.72. The molecule has 6 nitrogen and oxygen atoms in total. The fraction of sp³-hybridized carbons (Fsp3) is 0.923. The van der Waals surface area contributed by atoms with Crippen LogP contribution in [0.1, 0.15) is 40.5 Å². The fourth-order valence-electron chi connectivity index (χ4n) is 2.12. The molecular weight excluding hydrogens is 278 g/mol. The van der Waals surface area contributed by atoms with Crippen LogP contribution in [0, 0.1) is 11.8 Å². The van der Waals surface area contributed by atoms with E-state index in [1.165, 1.54) is 0 Å². The van der Waals surface area contributed by atoms with Gasteiger partial charge in [-0.2, -0.15) is 0 Å². The standard InChI is InChI=1S/C13H29N3O3S/c1-10(2)6-11(8-14)7-12(17)15-9-13(3,4)16-20(5,18)19/h10-11,16H,6-9,14H2,1-5H3,(H,15,17)/t11-/m0/s1. The van der Waals surface area contributed by atoms with Crippen LogP contribution in [-0.2, 0) is 14.8 Å². The highest BCUT2D eigenvalue weighted by molar-refractivity contribution is 7.88. The summed E-state index contributed by atoms with van der Waals surface area (Å²) in [5, 5.41) is 2.76. The van der Waals surface area contributed by atoms with Crippen molar-refractivity contribution < 1.29 is 13.2 Å². The minimum absolute atomic E-state index is 0.0931. The molecule has 20 heavy (non-hydrogen) atoms. The van der Waals surface area contributed by atoms with Crippen LogP contribution in [-0.4, -0.2) is 39.2 Å². The van der Waals surface area contributed by atoms with Gasteiger partial charge >= 0.3 is 0 Å². The van der Waals surface area contributed by atoms with Crippen molar-refractivity contribution in [1.82, 2.24) is 10.0 Å².